The molecule has 0 saturated carbocycles. The van der Waals surface area contributed by atoms with Crippen molar-refractivity contribution in [3.05, 3.63) is 24.3 Å². The van der Waals surface area contributed by atoms with Gasteiger partial charge >= 0.3 is 0 Å². The quantitative estimate of drug-likeness (QED) is 0.732. The fourth-order valence-electron chi connectivity index (χ4n) is 1.79. The molecular formula is C14H22N2O3. The number of nitrogen functional groups attached to an aromatic ring is 1. The molecule has 0 aliphatic heterocycles. The van der Waals surface area contributed by atoms with E-state index >= 15 is 0 Å². The first-order valence-corrected chi connectivity index (χ1v) is 6.38. The Kier molecular flexibility index (Phi) is 6.32. The molecule has 1 amide bonds. The molecule has 1 aromatic rings. The number of benzene rings is 1. The Morgan fingerprint density at radius 3 is 2.74 bits per heavy atom. The van der Waals surface area contributed by atoms with Gasteiger partial charge in [0.25, 0.3) is 0 Å². The monoisotopic (exact) mass is 266 g/mol. The van der Waals surface area contributed by atoms with E-state index in [2.05, 4.69) is 0 Å². The summed E-state index contributed by atoms with van der Waals surface area (Å²) in [5, 5.41) is 9.10. The number of aliphatic hydroxyl groups excluding tert-OH is 1. The Labute approximate surface area is 114 Å². The van der Waals surface area contributed by atoms with Gasteiger partial charge in [-0.1, -0.05) is 12.1 Å². The second-order valence-corrected chi connectivity index (χ2v) is 4.41. The van der Waals surface area contributed by atoms with Gasteiger partial charge in [-0.2, -0.15) is 0 Å². The van der Waals surface area contributed by atoms with Gasteiger partial charge in [0.2, 0.25) is 5.91 Å². The van der Waals surface area contributed by atoms with Crippen LogP contribution in [0.25, 0.3) is 0 Å². The molecule has 19 heavy (non-hydrogen) atoms. The van der Waals surface area contributed by atoms with Crippen molar-refractivity contribution in [2.45, 2.75) is 25.9 Å². The van der Waals surface area contributed by atoms with Gasteiger partial charge in [-0.25, -0.2) is 0 Å². The Hall–Kier alpha value is -1.59. The lowest BCUT2D eigenvalue weighted by Crippen LogP contribution is -2.34. The molecule has 0 fully saturated rings. The predicted molar refractivity (Wildman–Crippen MR) is 76.0 cm³/mol. The number of rotatable bonds is 7. The van der Waals surface area contributed by atoms with Gasteiger partial charge in [-0.05, 0) is 25.5 Å². The fraction of sp³-hybridized carbons (Fsp3) is 0.500. The average molecular weight is 266 g/mol. The number of hydrogen-bond donors (Lipinski definition) is 2. The summed E-state index contributed by atoms with van der Waals surface area (Å²) in [6.45, 7) is 2.06. The average Bonchev–Trinajstić information content (AvgIpc) is 2.42. The van der Waals surface area contributed by atoms with Crippen LogP contribution in [0, 0.1) is 0 Å². The molecule has 5 nitrogen and oxygen atoms in total. The number of amides is 1. The molecule has 0 aromatic heterocycles. The molecule has 0 bridgehead atoms. The maximum absolute atomic E-state index is 12.2. The number of carbonyl (C=O) groups excluding carboxylic acids is 1. The predicted octanol–water partition coefficient (Wildman–Crippen LogP) is 1.41. The van der Waals surface area contributed by atoms with Crippen molar-refractivity contribution in [1.82, 2.24) is 0 Å². The van der Waals surface area contributed by atoms with Gasteiger partial charge in [0, 0.05) is 20.1 Å². The summed E-state index contributed by atoms with van der Waals surface area (Å²) in [4.78, 5) is 13.7. The van der Waals surface area contributed by atoms with E-state index in [0.717, 1.165) is 0 Å². The first-order valence-electron chi connectivity index (χ1n) is 6.38. The van der Waals surface area contributed by atoms with E-state index in [1.165, 1.54) is 4.90 Å². The summed E-state index contributed by atoms with van der Waals surface area (Å²) in [6.07, 6.45) is 1.04. The number of nitrogens with two attached hydrogens (primary N) is 1. The van der Waals surface area contributed by atoms with E-state index in [1.54, 1.807) is 19.2 Å². The summed E-state index contributed by atoms with van der Waals surface area (Å²) in [5.74, 6) is -0.0594. The van der Waals surface area contributed by atoms with Gasteiger partial charge in [0.1, 0.15) is 0 Å². The zero-order valence-corrected chi connectivity index (χ0v) is 11.5. The van der Waals surface area contributed by atoms with Crippen LogP contribution >= 0.6 is 0 Å². The molecule has 0 heterocycles. The third-order valence-corrected chi connectivity index (χ3v) is 3.02. The molecule has 1 atom stereocenters. The summed E-state index contributed by atoms with van der Waals surface area (Å²) in [6, 6.07) is 7.15. The van der Waals surface area contributed by atoms with Crippen LogP contribution in [0.15, 0.2) is 24.3 Å². The Bertz CT molecular complexity index is 409. The lowest BCUT2D eigenvalue weighted by molar-refractivity contribution is -0.119. The number of anilines is 2. The zero-order valence-electron chi connectivity index (χ0n) is 11.5. The van der Waals surface area contributed by atoms with Crippen molar-refractivity contribution in [3.8, 4) is 0 Å². The number of aliphatic hydroxyl groups is 1. The van der Waals surface area contributed by atoms with Gasteiger partial charge in [0.15, 0.2) is 0 Å². The summed E-state index contributed by atoms with van der Waals surface area (Å²) >= 11 is 0. The highest BCUT2D eigenvalue weighted by Gasteiger charge is 2.17. The van der Waals surface area contributed by atoms with E-state index in [0.29, 0.717) is 24.2 Å². The second kappa shape index (κ2) is 7.76. The van der Waals surface area contributed by atoms with Crippen molar-refractivity contribution in [3.63, 3.8) is 0 Å². The fourth-order valence-corrected chi connectivity index (χ4v) is 1.79. The van der Waals surface area contributed by atoms with E-state index in [1.807, 2.05) is 19.1 Å². The normalized spacial score (nSPS) is 12.2. The summed E-state index contributed by atoms with van der Waals surface area (Å²) < 4.78 is 5.12. The van der Waals surface area contributed by atoms with E-state index in [-0.39, 0.29) is 25.2 Å². The maximum atomic E-state index is 12.2. The Morgan fingerprint density at radius 1 is 1.47 bits per heavy atom. The van der Waals surface area contributed by atoms with Crippen molar-refractivity contribution >= 4 is 17.3 Å². The van der Waals surface area contributed by atoms with Crippen LogP contribution in [0.5, 0.6) is 0 Å². The van der Waals surface area contributed by atoms with Crippen LogP contribution < -0.4 is 10.6 Å². The van der Waals surface area contributed by atoms with Crippen molar-refractivity contribution in [2.24, 2.45) is 0 Å². The third kappa shape index (κ3) is 4.54. The lowest BCUT2D eigenvalue weighted by atomic mass is 10.1. The van der Waals surface area contributed by atoms with Crippen molar-refractivity contribution in [2.75, 3.05) is 30.9 Å². The van der Waals surface area contributed by atoms with E-state index in [4.69, 9.17) is 15.6 Å². The number of hydrogen-bond acceptors (Lipinski definition) is 4. The molecule has 0 aliphatic carbocycles. The molecule has 5 heteroatoms. The minimum atomic E-state index is -0.0973. The standard InChI is InChI=1S/C14H22N2O3/c1-11(19-2)7-8-14(18)16(9-10-17)13-6-4-3-5-12(13)15/h3-6,11,17H,7-10,15H2,1-2H3. The molecule has 0 aliphatic rings. The van der Waals surface area contributed by atoms with E-state index in [9.17, 15) is 4.79 Å². The van der Waals surface area contributed by atoms with Gasteiger partial charge < -0.3 is 20.5 Å². The molecule has 1 rings (SSSR count). The van der Waals surface area contributed by atoms with Gasteiger partial charge in [-0.15, -0.1) is 0 Å². The highest BCUT2D eigenvalue weighted by Crippen LogP contribution is 2.23. The minimum absolute atomic E-state index is 0.0352. The molecule has 1 unspecified atom stereocenters. The molecule has 0 saturated heterocycles. The number of methoxy groups -OCH3 is 1. The maximum Gasteiger partial charge on any atom is 0.227 e. The number of carbonyl (C=O) groups is 1. The molecular weight excluding hydrogens is 244 g/mol. The number of para-hydroxylation sites is 2. The Morgan fingerprint density at radius 2 is 2.16 bits per heavy atom. The van der Waals surface area contributed by atoms with Crippen LogP contribution in [-0.4, -0.2) is 37.4 Å². The SMILES string of the molecule is COC(C)CCC(=O)N(CCO)c1ccccc1N. The highest BCUT2D eigenvalue weighted by atomic mass is 16.5. The van der Waals surface area contributed by atoms with Gasteiger partial charge in [-0.3, -0.25) is 4.79 Å². The molecule has 106 valence electrons. The van der Waals surface area contributed by atoms with Crippen LogP contribution in [-0.2, 0) is 9.53 Å². The first-order chi connectivity index (χ1) is 9.10. The van der Waals surface area contributed by atoms with E-state index < -0.39 is 0 Å². The largest absolute Gasteiger partial charge is 0.397 e. The third-order valence-electron chi connectivity index (χ3n) is 3.02. The molecule has 0 radical (unpaired) electrons. The van der Waals surface area contributed by atoms with Crippen molar-refractivity contribution < 1.29 is 14.6 Å². The minimum Gasteiger partial charge on any atom is -0.397 e. The van der Waals surface area contributed by atoms with Gasteiger partial charge in [0.05, 0.1) is 24.1 Å². The Balaban J connectivity index is 2.77. The summed E-state index contributed by atoms with van der Waals surface area (Å²) in [5.41, 5.74) is 7.05. The van der Waals surface area contributed by atoms with Crippen LogP contribution in [0.1, 0.15) is 19.8 Å². The lowest BCUT2D eigenvalue weighted by Gasteiger charge is -2.24. The smallest absolute Gasteiger partial charge is 0.227 e. The zero-order chi connectivity index (χ0) is 14.3. The number of nitrogens with zero attached hydrogens (tertiary/aromatic N) is 1. The van der Waals surface area contributed by atoms with Crippen LogP contribution in [0.3, 0.4) is 0 Å². The number of ether oxygens (including phenoxy) is 1. The topological polar surface area (TPSA) is 75.8 Å². The summed E-state index contributed by atoms with van der Waals surface area (Å²) in [7, 11) is 1.62. The molecule has 3 N–H and O–H groups in total. The van der Waals surface area contributed by atoms with Crippen LogP contribution in [0.2, 0.25) is 0 Å². The second-order valence-electron chi connectivity index (χ2n) is 4.41. The molecule has 1 aromatic carbocycles. The highest BCUT2D eigenvalue weighted by molar-refractivity contribution is 5.96. The van der Waals surface area contributed by atoms with Crippen LogP contribution in [0.4, 0.5) is 11.4 Å². The molecule has 0 spiro atoms. The first kappa shape index (κ1) is 15.5. The van der Waals surface area contributed by atoms with Crippen molar-refractivity contribution in [1.29, 1.82) is 0 Å².